The van der Waals surface area contributed by atoms with Crippen LogP contribution in [0.25, 0.3) is 0 Å². The van der Waals surface area contributed by atoms with Gasteiger partial charge in [0.05, 0.1) is 10.6 Å². The fourth-order valence-electron chi connectivity index (χ4n) is 1.99. The van der Waals surface area contributed by atoms with E-state index < -0.39 is 24.0 Å². The Bertz CT molecular complexity index is 612. The predicted molar refractivity (Wildman–Crippen MR) is 99.9 cm³/mol. The van der Waals surface area contributed by atoms with Crippen molar-refractivity contribution in [3.05, 3.63) is 34.9 Å². The summed E-state index contributed by atoms with van der Waals surface area (Å²) < 4.78 is 5.18. The van der Waals surface area contributed by atoms with Crippen molar-refractivity contribution in [2.45, 2.75) is 32.4 Å². The summed E-state index contributed by atoms with van der Waals surface area (Å²) in [6.45, 7) is 3.71. The van der Waals surface area contributed by atoms with E-state index in [0.717, 1.165) is 0 Å². The molecule has 0 fully saturated rings. The Morgan fingerprint density at radius 3 is 2.56 bits per heavy atom. The minimum atomic E-state index is -0.929. The van der Waals surface area contributed by atoms with Gasteiger partial charge in [0.15, 0.2) is 6.10 Å². The van der Waals surface area contributed by atoms with Crippen LogP contribution in [0.3, 0.4) is 0 Å². The molecule has 0 unspecified atom stereocenters. The number of esters is 1. The molecule has 1 aromatic rings. The summed E-state index contributed by atoms with van der Waals surface area (Å²) in [4.78, 5) is 36.4. The van der Waals surface area contributed by atoms with E-state index in [9.17, 15) is 14.4 Å². The number of nitrogens with one attached hydrogen (secondary N) is 2. The highest BCUT2D eigenvalue weighted by Crippen LogP contribution is 2.15. The van der Waals surface area contributed by atoms with Gasteiger partial charge in [-0.25, -0.2) is 4.79 Å². The quantitative estimate of drug-likeness (QED) is 0.636. The first-order valence-electron chi connectivity index (χ1n) is 7.93. The second-order valence-corrected chi connectivity index (χ2v) is 6.65. The van der Waals surface area contributed by atoms with Gasteiger partial charge in [0.2, 0.25) is 0 Å². The maximum absolute atomic E-state index is 12.4. The molecule has 0 saturated carbocycles. The molecule has 2 atom stereocenters. The van der Waals surface area contributed by atoms with E-state index in [1.807, 2.05) is 6.26 Å². The van der Waals surface area contributed by atoms with E-state index >= 15 is 0 Å². The molecule has 138 valence electrons. The summed E-state index contributed by atoms with van der Waals surface area (Å²) >= 11 is 7.56. The summed E-state index contributed by atoms with van der Waals surface area (Å²) in [6, 6.07) is 5.72. The number of rotatable bonds is 9. The molecule has 2 N–H and O–H groups in total. The molecule has 1 rings (SSSR count). The number of benzene rings is 1. The lowest BCUT2D eigenvalue weighted by molar-refractivity contribution is -0.156. The number of hydrogen-bond donors (Lipinski definition) is 2. The van der Waals surface area contributed by atoms with Crippen LogP contribution in [0, 0.1) is 0 Å². The van der Waals surface area contributed by atoms with Crippen molar-refractivity contribution >= 4 is 41.1 Å². The Labute approximate surface area is 157 Å². The molecule has 1 aromatic carbocycles. The van der Waals surface area contributed by atoms with E-state index in [4.69, 9.17) is 16.3 Å². The Balaban J connectivity index is 2.79. The lowest BCUT2D eigenvalue weighted by Crippen LogP contribution is -2.45. The number of ether oxygens (including phenoxy) is 1. The molecule has 0 heterocycles. The van der Waals surface area contributed by atoms with Crippen LogP contribution in [0.15, 0.2) is 24.3 Å². The number of halogens is 1. The van der Waals surface area contributed by atoms with Crippen LogP contribution in [0.5, 0.6) is 0 Å². The van der Waals surface area contributed by atoms with Crippen LogP contribution < -0.4 is 10.6 Å². The van der Waals surface area contributed by atoms with Crippen LogP contribution in [-0.2, 0) is 14.3 Å². The second-order valence-electron chi connectivity index (χ2n) is 5.26. The molecule has 2 amide bonds. The number of hydrogen-bond acceptors (Lipinski definition) is 5. The molecule has 25 heavy (non-hydrogen) atoms. The first-order chi connectivity index (χ1) is 11.9. The largest absolute Gasteiger partial charge is 0.451 e. The minimum Gasteiger partial charge on any atom is -0.451 e. The van der Waals surface area contributed by atoms with Crippen molar-refractivity contribution < 1.29 is 19.1 Å². The van der Waals surface area contributed by atoms with Gasteiger partial charge in [-0.3, -0.25) is 9.59 Å². The Kier molecular flexibility index (Phi) is 9.37. The van der Waals surface area contributed by atoms with Gasteiger partial charge in [-0.15, -0.1) is 0 Å². The number of likely N-dealkylation sites (N-methyl/N-ethyl adjacent to an activating group) is 1. The smallest absolute Gasteiger partial charge is 0.329 e. The molecular weight excluding hydrogens is 364 g/mol. The van der Waals surface area contributed by atoms with E-state index in [0.29, 0.717) is 23.7 Å². The first-order valence-corrected chi connectivity index (χ1v) is 9.70. The zero-order valence-corrected chi connectivity index (χ0v) is 16.1. The number of carbonyl (C=O) groups excluding carboxylic acids is 3. The summed E-state index contributed by atoms with van der Waals surface area (Å²) in [7, 11) is 0. The van der Waals surface area contributed by atoms with E-state index in [-0.39, 0.29) is 11.5 Å². The summed E-state index contributed by atoms with van der Waals surface area (Å²) in [5.74, 6) is -0.831. The van der Waals surface area contributed by atoms with Gasteiger partial charge in [-0.05, 0) is 44.4 Å². The Morgan fingerprint density at radius 1 is 1.28 bits per heavy atom. The van der Waals surface area contributed by atoms with E-state index in [1.165, 1.54) is 6.92 Å². The number of thioether (sulfide) groups is 1. The lowest BCUT2D eigenvalue weighted by atomic mass is 10.1. The Morgan fingerprint density at radius 2 is 1.96 bits per heavy atom. The predicted octanol–water partition coefficient (Wildman–Crippen LogP) is 2.26. The molecule has 0 radical (unpaired) electrons. The van der Waals surface area contributed by atoms with Crippen LogP contribution in [-0.4, -0.2) is 48.5 Å². The van der Waals surface area contributed by atoms with Crippen molar-refractivity contribution in [3.63, 3.8) is 0 Å². The topological polar surface area (TPSA) is 84.5 Å². The summed E-state index contributed by atoms with van der Waals surface area (Å²) in [5.41, 5.74) is 0.280. The first kappa shape index (κ1) is 21.3. The highest BCUT2D eigenvalue weighted by molar-refractivity contribution is 7.98. The molecule has 0 aliphatic rings. The number of carbonyl (C=O) groups is 3. The number of amides is 2. The van der Waals surface area contributed by atoms with Crippen molar-refractivity contribution in [1.82, 2.24) is 10.6 Å². The average molecular weight is 387 g/mol. The maximum atomic E-state index is 12.4. The highest BCUT2D eigenvalue weighted by atomic mass is 35.5. The fraction of sp³-hybridized carbons (Fsp3) is 0.471. The SMILES string of the molecule is CCNC(=O)[C@H](C)OC(=O)[C@H](CCSC)NC(=O)c1ccccc1Cl. The standard InChI is InChI=1S/C17H23ClN2O4S/c1-4-19-15(21)11(2)24-17(23)14(9-10-25-3)20-16(22)12-7-5-6-8-13(12)18/h5-8,11,14H,4,9-10H2,1-3H3,(H,19,21)(H,20,22)/t11-,14-/m0/s1. The molecule has 0 spiro atoms. The highest BCUT2D eigenvalue weighted by Gasteiger charge is 2.26. The monoisotopic (exact) mass is 386 g/mol. The third-order valence-electron chi connectivity index (χ3n) is 3.33. The molecule has 6 nitrogen and oxygen atoms in total. The molecule has 0 bridgehead atoms. The van der Waals surface area contributed by atoms with Crippen LogP contribution in [0.4, 0.5) is 0 Å². The van der Waals surface area contributed by atoms with Crippen molar-refractivity contribution in [1.29, 1.82) is 0 Å². The molecule has 0 saturated heterocycles. The van der Waals surface area contributed by atoms with Crippen LogP contribution >= 0.6 is 23.4 Å². The zero-order valence-electron chi connectivity index (χ0n) is 14.5. The average Bonchev–Trinajstić information content (AvgIpc) is 2.58. The van der Waals surface area contributed by atoms with E-state index in [1.54, 1.807) is 43.0 Å². The van der Waals surface area contributed by atoms with Gasteiger partial charge in [0.25, 0.3) is 11.8 Å². The van der Waals surface area contributed by atoms with Crippen molar-refractivity contribution in [2.75, 3.05) is 18.6 Å². The van der Waals surface area contributed by atoms with Gasteiger partial charge in [0.1, 0.15) is 6.04 Å². The van der Waals surface area contributed by atoms with Crippen LogP contribution in [0.1, 0.15) is 30.6 Å². The van der Waals surface area contributed by atoms with Crippen molar-refractivity contribution in [3.8, 4) is 0 Å². The summed E-state index contributed by atoms with van der Waals surface area (Å²) in [5, 5.41) is 5.52. The minimum absolute atomic E-state index is 0.280. The molecule has 0 aliphatic heterocycles. The Hall–Kier alpha value is -1.73. The molecule has 0 aliphatic carbocycles. The molecular formula is C17H23ClN2O4S. The third-order valence-corrected chi connectivity index (χ3v) is 4.31. The van der Waals surface area contributed by atoms with Gasteiger partial charge < -0.3 is 15.4 Å². The third kappa shape index (κ3) is 6.96. The lowest BCUT2D eigenvalue weighted by Gasteiger charge is -2.20. The van der Waals surface area contributed by atoms with Gasteiger partial charge >= 0.3 is 5.97 Å². The zero-order chi connectivity index (χ0) is 18.8. The molecule has 8 heteroatoms. The van der Waals surface area contributed by atoms with E-state index in [2.05, 4.69) is 10.6 Å². The second kappa shape index (κ2) is 11.0. The normalized spacial score (nSPS) is 12.8. The molecule has 0 aromatic heterocycles. The van der Waals surface area contributed by atoms with Crippen LogP contribution in [0.2, 0.25) is 5.02 Å². The van der Waals surface area contributed by atoms with Gasteiger partial charge in [0, 0.05) is 6.54 Å². The van der Waals surface area contributed by atoms with Gasteiger partial charge in [-0.1, -0.05) is 23.7 Å². The maximum Gasteiger partial charge on any atom is 0.329 e. The van der Waals surface area contributed by atoms with Gasteiger partial charge in [-0.2, -0.15) is 11.8 Å². The van der Waals surface area contributed by atoms with Crippen molar-refractivity contribution in [2.24, 2.45) is 0 Å². The summed E-state index contributed by atoms with van der Waals surface area (Å²) in [6.07, 6.45) is 1.36. The fourth-order valence-corrected chi connectivity index (χ4v) is 2.69.